The fourth-order valence-corrected chi connectivity index (χ4v) is 4.74. The summed E-state index contributed by atoms with van der Waals surface area (Å²) in [6.45, 7) is 6.57. The minimum absolute atomic E-state index is 0.372. The third-order valence-corrected chi connectivity index (χ3v) is 6.72. The third kappa shape index (κ3) is 6.11. The van der Waals surface area contributed by atoms with E-state index in [4.69, 9.17) is 21.4 Å². The molecule has 40 heavy (non-hydrogen) atoms. The van der Waals surface area contributed by atoms with Crippen molar-refractivity contribution < 1.29 is 22.7 Å². The first kappa shape index (κ1) is 27.6. The first-order chi connectivity index (χ1) is 19.2. The number of nitrogens with one attached hydrogen (secondary N) is 3. The number of alkyl halides is 3. The average molecular weight is 575 g/mol. The summed E-state index contributed by atoms with van der Waals surface area (Å²) in [5.41, 5.74) is 4.91. The quantitative estimate of drug-likeness (QED) is 0.285. The van der Waals surface area contributed by atoms with Crippen LogP contribution in [-0.4, -0.2) is 70.2 Å². The van der Waals surface area contributed by atoms with Crippen LogP contribution in [0.2, 0.25) is 5.02 Å². The Morgan fingerprint density at radius 3 is 2.55 bits per heavy atom. The minimum atomic E-state index is -4.73. The van der Waals surface area contributed by atoms with E-state index >= 15 is 0 Å². The lowest BCUT2D eigenvalue weighted by molar-refractivity contribution is -0.136. The zero-order chi connectivity index (χ0) is 28.3. The summed E-state index contributed by atoms with van der Waals surface area (Å²) in [4.78, 5) is 25.2. The topological polar surface area (TPSA) is 109 Å². The van der Waals surface area contributed by atoms with Gasteiger partial charge >= 0.3 is 12.2 Å². The molecule has 1 aliphatic heterocycles. The van der Waals surface area contributed by atoms with Crippen LogP contribution in [0.25, 0.3) is 22.3 Å². The van der Waals surface area contributed by atoms with Crippen molar-refractivity contribution in [3.8, 4) is 11.3 Å². The Morgan fingerprint density at radius 1 is 1.07 bits per heavy atom. The molecule has 210 valence electrons. The summed E-state index contributed by atoms with van der Waals surface area (Å²) in [6.07, 6.45) is -3.24. The van der Waals surface area contributed by atoms with Crippen molar-refractivity contribution in [2.24, 2.45) is 0 Å². The molecule has 0 bridgehead atoms. The van der Waals surface area contributed by atoms with Crippen molar-refractivity contribution in [1.82, 2.24) is 24.8 Å². The molecule has 1 aliphatic rings. The Labute approximate surface area is 232 Å². The van der Waals surface area contributed by atoms with E-state index in [-0.39, 0.29) is 0 Å². The van der Waals surface area contributed by atoms with Gasteiger partial charge in [-0.25, -0.2) is 14.8 Å². The van der Waals surface area contributed by atoms with Gasteiger partial charge in [0, 0.05) is 37.4 Å². The summed E-state index contributed by atoms with van der Waals surface area (Å²) in [6, 6.07) is 9.51. The molecule has 4 aromatic rings. The second-order valence-electron chi connectivity index (χ2n) is 9.10. The number of benzene rings is 2. The Kier molecular flexibility index (Phi) is 8.05. The number of nitrogens with zero attached hydrogens (tertiary/aromatic N) is 5. The van der Waals surface area contributed by atoms with E-state index in [1.165, 1.54) is 12.4 Å². The second-order valence-corrected chi connectivity index (χ2v) is 9.50. The van der Waals surface area contributed by atoms with E-state index in [0.717, 1.165) is 61.6 Å². The lowest BCUT2D eigenvalue weighted by Crippen LogP contribution is -2.40. The van der Waals surface area contributed by atoms with Gasteiger partial charge in [0.15, 0.2) is 5.65 Å². The maximum atomic E-state index is 13.4. The molecule has 2 aromatic carbocycles. The number of anilines is 2. The summed E-state index contributed by atoms with van der Waals surface area (Å²) in [5.74, 6) is 0. The average Bonchev–Trinajstić information content (AvgIpc) is 3.29. The van der Waals surface area contributed by atoms with Gasteiger partial charge in [-0.3, -0.25) is 4.90 Å². The predicted molar refractivity (Wildman–Crippen MR) is 146 cm³/mol. The fourth-order valence-electron chi connectivity index (χ4n) is 4.46. The molecule has 1 fully saturated rings. The number of rotatable bonds is 7. The van der Waals surface area contributed by atoms with Crippen LogP contribution in [0.15, 0.2) is 48.8 Å². The molecule has 1 saturated heterocycles. The first-order valence-electron chi connectivity index (χ1n) is 12.5. The largest absolute Gasteiger partial charge is 0.419 e. The van der Waals surface area contributed by atoms with E-state index in [9.17, 15) is 18.0 Å². The molecule has 3 N–H and O–H groups in total. The van der Waals surface area contributed by atoms with Gasteiger partial charge in [-0.2, -0.15) is 18.0 Å². The van der Waals surface area contributed by atoms with Crippen LogP contribution < -0.4 is 16.1 Å². The summed E-state index contributed by atoms with van der Waals surface area (Å²) in [7, 11) is 0. The van der Waals surface area contributed by atoms with Gasteiger partial charge in [0.2, 0.25) is 0 Å². The van der Waals surface area contributed by atoms with Gasteiger partial charge < -0.3 is 20.8 Å². The maximum absolute atomic E-state index is 13.4. The number of carbonyl (C=O) groups is 1. The van der Waals surface area contributed by atoms with Gasteiger partial charge in [0.1, 0.15) is 12.0 Å². The van der Waals surface area contributed by atoms with Crippen LogP contribution in [-0.2, 0) is 10.9 Å². The summed E-state index contributed by atoms with van der Waals surface area (Å²) < 4.78 is 45.6. The zero-order valence-electron chi connectivity index (χ0n) is 21.4. The van der Waals surface area contributed by atoms with Crippen molar-refractivity contribution >= 4 is 40.0 Å². The highest BCUT2D eigenvalue weighted by Gasteiger charge is 2.36. The van der Waals surface area contributed by atoms with Crippen molar-refractivity contribution in [2.45, 2.75) is 13.1 Å². The van der Waals surface area contributed by atoms with Crippen LogP contribution in [0.4, 0.5) is 29.3 Å². The number of aromatic nitrogens is 4. The number of ether oxygens (including phenoxy) is 1. The third-order valence-electron chi connectivity index (χ3n) is 6.41. The molecule has 14 heteroatoms. The molecule has 5 rings (SSSR count). The Morgan fingerprint density at radius 2 is 1.82 bits per heavy atom. The Hall–Kier alpha value is -3.94. The second kappa shape index (κ2) is 11.7. The summed E-state index contributed by atoms with van der Waals surface area (Å²) >= 11 is 5.73. The minimum Gasteiger partial charge on any atom is -0.379 e. The molecule has 0 unspecified atom stereocenters. The highest BCUT2D eigenvalue weighted by molar-refractivity contribution is 6.32. The number of carbonyl (C=O) groups excluding carboxylic acids is 1. The zero-order valence-corrected chi connectivity index (χ0v) is 22.2. The van der Waals surface area contributed by atoms with Gasteiger partial charge in [0.05, 0.1) is 40.6 Å². The van der Waals surface area contributed by atoms with E-state index in [1.54, 1.807) is 29.1 Å². The van der Waals surface area contributed by atoms with E-state index in [0.29, 0.717) is 23.6 Å². The Bertz CT molecular complexity index is 1500. The lowest BCUT2D eigenvalue weighted by Gasteiger charge is -2.26. The van der Waals surface area contributed by atoms with Crippen molar-refractivity contribution in [3.05, 3.63) is 65.1 Å². The van der Waals surface area contributed by atoms with Crippen molar-refractivity contribution in [1.29, 1.82) is 0 Å². The smallest absolute Gasteiger partial charge is 0.379 e. The lowest BCUT2D eigenvalue weighted by atomic mass is 10.1. The molecule has 3 heterocycles. The highest BCUT2D eigenvalue weighted by atomic mass is 35.5. The van der Waals surface area contributed by atoms with Gasteiger partial charge in [0.25, 0.3) is 0 Å². The number of hydrogen-bond donors (Lipinski definition) is 3. The number of urea groups is 1. The van der Waals surface area contributed by atoms with Gasteiger partial charge in [-0.15, -0.1) is 5.10 Å². The van der Waals surface area contributed by atoms with Crippen LogP contribution >= 0.6 is 11.6 Å². The highest BCUT2D eigenvalue weighted by Crippen LogP contribution is 2.39. The van der Waals surface area contributed by atoms with E-state index in [2.05, 4.69) is 30.9 Å². The van der Waals surface area contributed by atoms with Crippen LogP contribution in [0, 0.1) is 6.92 Å². The molecule has 0 radical (unpaired) electrons. The molecule has 0 spiro atoms. The van der Waals surface area contributed by atoms with Crippen LogP contribution in [0.3, 0.4) is 0 Å². The number of halogens is 4. The molecule has 0 aliphatic carbocycles. The van der Waals surface area contributed by atoms with Gasteiger partial charge in [-0.05, 0) is 31.2 Å². The number of amides is 2. The Balaban J connectivity index is 1.31. The number of aryl methyl sites for hydroxylation is 1. The normalized spacial score (nSPS) is 14.3. The van der Waals surface area contributed by atoms with Crippen molar-refractivity contribution in [3.63, 3.8) is 0 Å². The van der Waals surface area contributed by atoms with Crippen LogP contribution in [0.1, 0.15) is 11.3 Å². The molecular weight excluding hydrogens is 549 g/mol. The number of hydrogen-bond acceptors (Lipinski definition) is 7. The van der Waals surface area contributed by atoms with Crippen molar-refractivity contribution in [2.75, 3.05) is 55.5 Å². The summed E-state index contributed by atoms with van der Waals surface area (Å²) in [5, 5.41) is 9.78. The fraction of sp³-hybridized carbons (Fsp3) is 0.308. The monoisotopic (exact) mass is 574 g/mol. The maximum Gasteiger partial charge on any atom is 0.419 e. The molecular formula is C26H26ClF3N8O2. The van der Waals surface area contributed by atoms with E-state index in [1.807, 2.05) is 6.92 Å². The molecule has 2 aromatic heterocycles. The molecule has 2 amide bonds. The predicted octanol–water partition coefficient (Wildman–Crippen LogP) is 4.99. The SMILES string of the molecule is Cc1ncnc2c1c(-c1ccc(NC(=O)Nc3cccc(Cl)c3C(F)(F)F)cc1)nn2NCCN1CCOCC1. The van der Waals surface area contributed by atoms with E-state index < -0.39 is 28.5 Å². The molecule has 0 atom stereocenters. The number of morpholine rings is 1. The molecule has 0 saturated carbocycles. The number of fused-ring (bicyclic) bond motifs is 1. The standard InChI is InChI=1S/C26H26ClF3N8O2/c1-16-21-23(36-38(24(21)32-15-31-16)33-9-10-37-11-13-40-14-12-37)17-5-7-18(8-6-17)34-25(39)35-20-4-2-3-19(27)22(20)26(28,29)30/h2-8,15,33H,9-14H2,1H3,(H2,34,35,39). The first-order valence-corrected chi connectivity index (χ1v) is 12.9. The van der Waals surface area contributed by atoms with Gasteiger partial charge in [-0.1, -0.05) is 29.8 Å². The molecule has 10 nitrogen and oxygen atoms in total. The van der Waals surface area contributed by atoms with Crippen LogP contribution in [0.5, 0.6) is 0 Å².